The van der Waals surface area contributed by atoms with Crippen LogP contribution >= 0.6 is 15.9 Å². The molecule has 166 valence electrons. The monoisotopic (exact) mass is 488 g/mol. The van der Waals surface area contributed by atoms with Crippen molar-refractivity contribution in [2.75, 3.05) is 45.3 Å². The van der Waals surface area contributed by atoms with Crippen LogP contribution in [-0.4, -0.2) is 57.4 Å². The normalized spacial score (nSPS) is 18.0. The number of hydrogen-bond donors (Lipinski definition) is 0. The number of nitrogens with zero attached hydrogens (tertiary/aromatic N) is 2. The molecular weight excluding hydrogens is 460 g/mol. The van der Waals surface area contributed by atoms with Gasteiger partial charge in [-0.2, -0.15) is 0 Å². The van der Waals surface area contributed by atoms with E-state index in [4.69, 9.17) is 9.47 Å². The van der Waals surface area contributed by atoms with E-state index in [0.717, 1.165) is 21.3 Å². The van der Waals surface area contributed by atoms with E-state index in [1.54, 1.807) is 11.8 Å². The third-order valence-corrected chi connectivity index (χ3v) is 6.06. The third-order valence-electron chi connectivity index (χ3n) is 5.53. The van der Waals surface area contributed by atoms with Gasteiger partial charge in [0, 0.05) is 49.7 Å². The summed E-state index contributed by atoms with van der Waals surface area (Å²) in [4.78, 5) is 28.9. The first-order valence-electron chi connectivity index (χ1n) is 10.5. The van der Waals surface area contributed by atoms with Crippen LogP contribution in [0, 0.1) is 5.92 Å². The minimum atomic E-state index is -0.396. The highest BCUT2D eigenvalue weighted by Gasteiger charge is 2.41. The summed E-state index contributed by atoms with van der Waals surface area (Å²) < 4.78 is 11.7. The van der Waals surface area contributed by atoms with E-state index in [0.29, 0.717) is 32.7 Å². The highest BCUT2D eigenvalue weighted by atomic mass is 79.9. The van der Waals surface area contributed by atoms with Crippen molar-refractivity contribution in [2.45, 2.75) is 19.3 Å². The van der Waals surface area contributed by atoms with Gasteiger partial charge < -0.3 is 19.3 Å². The number of amides is 1. The Bertz CT molecular complexity index is 883. The van der Waals surface area contributed by atoms with Crippen LogP contribution in [0.5, 0.6) is 0 Å². The van der Waals surface area contributed by atoms with Gasteiger partial charge in [0.25, 0.3) is 0 Å². The lowest BCUT2D eigenvalue weighted by atomic mass is 9.89. The molecule has 0 radical (unpaired) electrons. The summed E-state index contributed by atoms with van der Waals surface area (Å²) in [6.45, 7) is 3.14. The summed E-state index contributed by atoms with van der Waals surface area (Å²) in [6.07, 6.45) is 0.254. The van der Waals surface area contributed by atoms with Crippen molar-refractivity contribution in [3.8, 4) is 0 Å². The van der Waals surface area contributed by atoms with Crippen LogP contribution < -0.4 is 4.90 Å². The van der Waals surface area contributed by atoms with E-state index in [9.17, 15) is 9.59 Å². The van der Waals surface area contributed by atoms with Gasteiger partial charge in [-0.15, -0.1) is 0 Å². The van der Waals surface area contributed by atoms with Crippen LogP contribution in [-0.2, 0) is 20.7 Å². The molecule has 2 aromatic carbocycles. The molecule has 0 saturated carbocycles. The number of rotatable bonds is 7. The average molecular weight is 489 g/mol. The summed E-state index contributed by atoms with van der Waals surface area (Å²) in [5, 5.41) is 0. The second-order valence-electron chi connectivity index (χ2n) is 7.85. The van der Waals surface area contributed by atoms with E-state index in [2.05, 4.69) is 15.9 Å². The number of anilines is 1. The molecule has 0 spiro atoms. The number of benzene rings is 2. The van der Waals surface area contributed by atoms with E-state index in [1.165, 1.54) is 0 Å². The summed E-state index contributed by atoms with van der Waals surface area (Å²) in [7, 11) is 4.00. The van der Waals surface area contributed by atoms with Crippen LogP contribution in [0.4, 0.5) is 10.5 Å². The molecule has 1 amide bonds. The van der Waals surface area contributed by atoms with Crippen molar-refractivity contribution in [2.24, 2.45) is 5.92 Å². The zero-order valence-corrected chi connectivity index (χ0v) is 19.8. The second-order valence-corrected chi connectivity index (χ2v) is 8.76. The molecule has 0 unspecified atom stereocenters. The smallest absolute Gasteiger partial charge is 0.409 e. The maximum atomic E-state index is 12.7. The molecule has 1 heterocycles. The van der Waals surface area contributed by atoms with Crippen molar-refractivity contribution < 1.29 is 19.1 Å². The molecule has 1 saturated heterocycles. The van der Waals surface area contributed by atoms with Gasteiger partial charge in [-0.25, -0.2) is 4.79 Å². The van der Waals surface area contributed by atoms with E-state index >= 15 is 0 Å². The Kier molecular flexibility index (Phi) is 7.96. The highest BCUT2D eigenvalue weighted by molar-refractivity contribution is 9.10. The van der Waals surface area contributed by atoms with Gasteiger partial charge in [-0.05, 0) is 42.3 Å². The molecule has 31 heavy (non-hydrogen) atoms. The molecule has 0 bridgehead atoms. The lowest BCUT2D eigenvalue weighted by Crippen LogP contribution is -2.31. The fourth-order valence-electron chi connectivity index (χ4n) is 3.80. The second kappa shape index (κ2) is 10.7. The minimum Gasteiger partial charge on any atom is -0.466 e. The van der Waals surface area contributed by atoms with Crippen molar-refractivity contribution in [3.63, 3.8) is 0 Å². The summed E-state index contributed by atoms with van der Waals surface area (Å²) >= 11 is 3.44. The van der Waals surface area contributed by atoms with E-state index in [-0.39, 0.29) is 18.0 Å². The quantitative estimate of drug-likeness (QED) is 0.538. The van der Waals surface area contributed by atoms with Crippen LogP contribution in [0.3, 0.4) is 0 Å². The first-order valence-corrected chi connectivity index (χ1v) is 11.3. The van der Waals surface area contributed by atoms with Crippen molar-refractivity contribution in [1.82, 2.24) is 4.90 Å². The number of carbonyl (C=O) groups excluding carboxylic acids is 2. The maximum absolute atomic E-state index is 12.7. The van der Waals surface area contributed by atoms with Crippen molar-refractivity contribution >= 4 is 33.7 Å². The van der Waals surface area contributed by atoms with Crippen LogP contribution in [0.2, 0.25) is 0 Å². The predicted octanol–water partition coefficient (Wildman–Crippen LogP) is 4.47. The van der Waals surface area contributed by atoms with Gasteiger partial charge in [0.05, 0.1) is 19.1 Å². The third kappa shape index (κ3) is 6.00. The zero-order valence-electron chi connectivity index (χ0n) is 18.2. The number of ether oxygens (including phenoxy) is 2. The van der Waals surface area contributed by atoms with Gasteiger partial charge in [0.15, 0.2) is 0 Å². The maximum Gasteiger partial charge on any atom is 0.409 e. The number of esters is 1. The van der Waals surface area contributed by atoms with E-state index < -0.39 is 5.92 Å². The molecule has 1 fully saturated rings. The molecule has 1 aliphatic rings. The Morgan fingerprint density at radius 3 is 2.32 bits per heavy atom. The average Bonchev–Trinajstić information content (AvgIpc) is 3.20. The summed E-state index contributed by atoms with van der Waals surface area (Å²) in [6, 6.07) is 16.0. The Morgan fingerprint density at radius 2 is 1.71 bits per heavy atom. The molecular formula is C24H29BrN2O4. The molecule has 2 aromatic rings. The lowest BCUT2D eigenvalue weighted by molar-refractivity contribution is -0.147. The molecule has 0 N–H and O–H groups in total. The summed E-state index contributed by atoms with van der Waals surface area (Å²) in [5.41, 5.74) is 3.25. The van der Waals surface area contributed by atoms with Crippen molar-refractivity contribution in [1.29, 1.82) is 0 Å². The number of carbonyl (C=O) groups is 2. The molecule has 2 atom stereocenters. The van der Waals surface area contributed by atoms with Crippen LogP contribution in [0.25, 0.3) is 0 Å². The molecule has 1 aliphatic heterocycles. The topological polar surface area (TPSA) is 59.1 Å². The predicted molar refractivity (Wildman–Crippen MR) is 124 cm³/mol. The highest BCUT2D eigenvalue weighted by Crippen LogP contribution is 2.34. The zero-order chi connectivity index (χ0) is 22.4. The van der Waals surface area contributed by atoms with Gasteiger partial charge >= 0.3 is 12.1 Å². The lowest BCUT2D eigenvalue weighted by Gasteiger charge is -2.17. The van der Waals surface area contributed by atoms with Crippen molar-refractivity contribution in [3.05, 3.63) is 64.1 Å². The standard InChI is InChI=1S/C24H29BrN2O4/c1-4-30-23(28)22-16-27(15-21(22)18-7-9-19(25)10-8-18)24(29)31-14-13-17-5-11-20(12-6-17)26(2)3/h5-12,21-22H,4,13-16H2,1-3H3/t21-,22+/m1/s1. The van der Waals surface area contributed by atoms with Gasteiger partial charge in [-0.3, -0.25) is 4.79 Å². The molecule has 0 aliphatic carbocycles. The first-order chi connectivity index (χ1) is 14.9. The van der Waals surface area contributed by atoms with Gasteiger partial charge in [0.2, 0.25) is 0 Å². The number of halogens is 1. The fraction of sp³-hybridized carbons (Fsp3) is 0.417. The summed E-state index contributed by atoms with van der Waals surface area (Å²) in [5.74, 6) is -0.780. The molecule has 3 rings (SSSR count). The Morgan fingerprint density at radius 1 is 1.03 bits per heavy atom. The van der Waals surface area contributed by atoms with Crippen LogP contribution in [0.1, 0.15) is 24.0 Å². The SMILES string of the molecule is CCOC(=O)[C@H]1CN(C(=O)OCCc2ccc(N(C)C)cc2)C[C@@H]1c1ccc(Br)cc1. The molecule has 7 heteroatoms. The first kappa shape index (κ1) is 23.1. The van der Waals surface area contributed by atoms with E-state index in [1.807, 2.05) is 67.5 Å². The number of hydrogen-bond acceptors (Lipinski definition) is 5. The van der Waals surface area contributed by atoms with Gasteiger partial charge in [-0.1, -0.05) is 40.2 Å². The Labute approximate surface area is 192 Å². The molecule has 6 nitrogen and oxygen atoms in total. The minimum absolute atomic E-state index is 0.113. The number of likely N-dealkylation sites (tertiary alicyclic amines) is 1. The Balaban J connectivity index is 1.60. The van der Waals surface area contributed by atoms with Gasteiger partial charge in [0.1, 0.15) is 0 Å². The molecule has 0 aromatic heterocycles. The fourth-order valence-corrected chi connectivity index (χ4v) is 4.06. The largest absolute Gasteiger partial charge is 0.466 e. The van der Waals surface area contributed by atoms with Crippen LogP contribution in [0.15, 0.2) is 53.0 Å². The Hall–Kier alpha value is -2.54.